The van der Waals surface area contributed by atoms with Crippen LogP contribution < -0.4 is 10.9 Å². The van der Waals surface area contributed by atoms with Gasteiger partial charge in [0.1, 0.15) is 6.54 Å². The molecule has 36 heavy (non-hydrogen) atoms. The number of aromatic nitrogens is 4. The number of rotatable bonds is 7. The Labute approximate surface area is 213 Å². The number of aliphatic hydroxyl groups is 1. The van der Waals surface area contributed by atoms with Crippen molar-refractivity contribution in [2.24, 2.45) is 0 Å². The van der Waals surface area contributed by atoms with Crippen molar-refractivity contribution in [3.63, 3.8) is 0 Å². The maximum absolute atomic E-state index is 13.3. The Hall–Kier alpha value is -3.49. The van der Waals surface area contributed by atoms with Crippen molar-refractivity contribution >= 4 is 29.0 Å². The Morgan fingerprint density at radius 1 is 1.14 bits per heavy atom. The highest BCUT2D eigenvalue weighted by atomic mass is 35.5. The molecule has 0 aliphatic heterocycles. The smallest absolute Gasteiger partial charge is 0.279 e. The molecular weight excluding hydrogens is 478 g/mol. The Morgan fingerprint density at radius 3 is 2.39 bits per heavy atom. The lowest BCUT2D eigenvalue weighted by atomic mass is 9.96. The number of carbonyl (C=O) groups is 1. The predicted molar refractivity (Wildman–Crippen MR) is 140 cm³/mol. The van der Waals surface area contributed by atoms with Crippen LogP contribution in [-0.2, 0) is 16.8 Å². The topological polar surface area (TPSA) is 102 Å². The van der Waals surface area contributed by atoms with E-state index in [1.165, 1.54) is 4.52 Å². The number of halogens is 1. The summed E-state index contributed by atoms with van der Waals surface area (Å²) in [6.45, 7) is 5.82. The fourth-order valence-corrected chi connectivity index (χ4v) is 4.82. The summed E-state index contributed by atoms with van der Waals surface area (Å²) in [7, 11) is 0. The van der Waals surface area contributed by atoms with E-state index in [9.17, 15) is 14.7 Å². The quantitative estimate of drug-likeness (QED) is 0.390. The van der Waals surface area contributed by atoms with E-state index in [2.05, 4.69) is 15.4 Å². The fraction of sp³-hybridized carbons (Fsp3) is 0.333. The fourth-order valence-electron chi connectivity index (χ4n) is 4.69. The van der Waals surface area contributed by atoms with Crippen LogP contribution >= 0.6 is 11.6 Å². The number of hydrogen-bond donors (Lipinski definition) is 2. The molecule has 2 aromatic carbocycles. The maximum atomic E-state index is 13.3. The summed E-state index contributed by atoms with van der Waals surface area (Å²) in [5.41, 5.74) is 3.39. The average Bonchev–Trinajstić information content (AvgIpc) is 3.53. The van der Waals surface area contributed by atoms with Gasteiger partial charge >= 0.3 is 0 Å². The Kier molecular flexibility index (Phi) is 6.18. The van der Waals surface area contributed by atoms with Crippen LogP contribution in [0.15, 0.2) is 53.3 Å². The van der Waals surface area contributed by atoms with Crippen LogP contribution in [0.4, 0.5) is 5.69 Å². The van der Waals surface area contributed by atoms with E-state index in [-0.39, 0.29) is 36.0 Å². The highest BCUT2D eigenvalue weighted by Gasteiger charge is 2.43. The van der Waals surface area contributed by atoms with Crippen LogP contribution in [0.3, 0.4) is 0 Å². The molecule has 0 spiro atoms. The normalized spacial score (nSPS) is 14.4. The summed E-state index contributed by atoms with van der Waals surface area (Å²) in [6.07, 6.45) is 1.95. The predicted octanol–water partition coefficient (Wildman–Crippen LogP) is 4.31. The van der Waals surface area contributed by atoms with Crippen molar-refractivity contribution in [2.45, 2.75) is 51.5 Å². The summed E-state index contributed by atoms with van der Waals surface area (Å²) < 4.78 is 3.02. The molecule has 1 aliphatic carbocycles. The van der Waals surface area contributed by atoms with Gasteiger partial charge in [-0.15, -0.1) is 5.10 Å². The zero-order valence-corrected chi connectivity index (χ0v) is 21.2. The van der Waals surface area contributed by atoms with Gasteiger partial charge < -0.3 is 15.0 Å². The molecule has 0 radical (unpaired) electrons. The molecule has 1 saturated carbocycles. The summed E-state index contributed by atoms with van der Waals surface area (Å²) in [5, 5.41) is 17.7. The van der Waals surface area contributed by atoms with E-state index in [4.69, 9.17) is 11.6 Å². The van der Waals surface area contributed by atoms with E-state index in [0.29, 0.717) is 33.6 Å². The number of nitrogens with zero attached hydrogens (tertiary/aromatic N) is 4. The molecule has 2 aromatic heterocycles. The van der Waals surface area contributed by atoms with Crippen molar-refractivity contribution in [3.8, 4) is 11.4 Å². The molecule has 0 atom stereocenters. The first-order chi connectivity index (χ1) is 17.2. The van der Waals surface area contributed by atoms with Crippen molar-refractivity contribution in [2.75, 3.05) is 11.9 Å². The monoisotopic (exact) mass is 505 g/mol. The molecule has 8 nitrogen and oxygen atoms in total. The lowest BCUT2D eigenvalue weighted by Gasteiger charge is -2.17. The Morgan fingerprint density at radius 2 is 1.81 bits per heavy atom. The number of amides is 1. The van der Waals surface area contributed by atoms with Crippen LogP contribution in [0.1, 0.15) is 49.4 Å². The van der Waals surface area contributed by atoms with Gasteiger partial charge in [-0.1, -0.05) is 49.7 Å². The van der Waals surface area contributed by atoms with E-state index < -0.39 is 0 Å². The van der Waals surface area contributed by atoms with Crippen molar-refractivity contribution in [1.82, 2.24) is 19.2 Å². The summed E-state index contributed by atoms with van der Waals surface area (Å²) in [5.74, 6) is 0.391. The second-order valence-corrected chi connectivity index (χ2v) is 10.2. The second kappa shape index (κ2) is 9.19. The van der Waals surface area contributed by atoms with E-state index in [0.717, 1.165) is 24.0 Å². The first kappa shape index (κ1) is 24.2. The molecule has 186 valence electrons. The number of benzene rings is 2. The molecule has 4 aromatic rings. The Bertz CT molecular complexity index is 1500. The molecule has 1 aliphatic rings. The zero-order chi connectivity index (χ0) is 25.6. The lowest BCUT2D eigenvalue weighted by Crippen LogP contribution is -2.29. The number of carbonyl (C=O) groups excluding carboxylic acids is 1. The van der Waals surface area contributed by atoms with Crippen molar-refractivity contribution < 1.29 is 9.90 Å². The third-order valence-electron chi connectivity index (χ3n) is 6.97. The van der Waals surface area contributed by atoms with Gasteiger partial charge in [-0.3, -0.25) is 9.59 Å². The molecular formula is C27H28ClN5O3. The van der Waals surface area contributed by atoms with Crippen molar-refractivity contribution in [3.05, 3.63) is 80.7 Å². The zero-order valence-electron chi connectivity index (χ0n) is 20.5. The molecule has 1 amide bonds. The van der Waals surface area contributed by atoms with Crippen LogP contribution in [0, 0.1) is 6.92 Å². The first-order valence-corrected chi connectivity index (χ1v) is 12.4. The lowest BCUT2D eigenvalue weighted by molar-refractivity contribution is -0.116. The maximum Gasteiger partial charge on any atom is 0.279 e. The molecule has 5 rings (SSSR count). The van der Waals surface area contributed by atoms with E-state index in [1.54, 1.807) is 28.8 Å². The van der Waals surface area contributed by atoms with Crippen molar-refractivity contribution in [1.29, 1.82) is 0 Å². The van der Waals surface area contributed by atoms with Crippen LogP contribution in [0.2, 0.25) is 5.02 Å². The molecule has 2 N–H and O–H groups in total. The van der Waals surface area contributed by atoms with Gasteiger partial charge in [0.15, 0.2) is 5.82 Å². The Balaban J connectivity index is 1.54. The molecule has 0 saturated heterocycles. The highest BCUT2D eigenvalue weighted by molar-refractivity contribution is 6.30. The van der Waals surface area contributed by atoms with Crippen LogP contribution in [-0.4, -0.2) is 36.8 Å². The number of nitrogens with one attached hydrogen (secondary N) is 1. The second-order valence-electron chi connectivity index (χ2n) is 9.76. The van der Waals surface area contributed by atoms with Gasteiger partial charge in [0.25, 0.3) is 5.56 Å². The molecule has 2 heterocycles. The summed E-state index contributed by atoms with van der Waals surface area (Å²) >= 11 is 5.94. The highest BCUT2D eigenvalue weighted by Crippen LogP contribution is 2.47. The molecule has 9 heteroatoms. The first-order valence-electron chi connectivity index (χ1n) is 12.0. The number of aliphatic hydroxyl groups excluding tert-OH is 1. The minimum absolute atomic E-state index is 0.0337. The number of fused-ring (bicyclic) bond motifs is 1. The molecule has 0 bridgehead atoms. The van der Waals surface area contributed by atoms with Gasteiger partial charge in [-0.25, -0.2) is 0 Å². The molecule has 1 fully saturated rings. The number of anilines is 1. The van der Waals surface area contributed by atoms with Gasteiger partial charge in [0.2, 0.25) is 11.7 Å². The average molecular weight is 506 g/mol. The minimum atomic E-state index is -0.256. The third-order valence-corrected chi connectivity index (χ3v) is 7.22. The van der Waals surface area contributed by atoms with Gasteiger partial charge in [0.05, 0.1) is 6.61 Å². The van der Waals surface area contributed by atoms with E-state index >= 15 is 0 Å². The largest absolute Gasteiger partial charge is 0.395 e. The van der Waals surface area contributed by atoms with Gasteiger partial charge in [0, 0.05) is 32.9 Å². The standard InChI is InChI=1S/C27H28ClN5O3/c1-16(2)23-17(3)32(14-22(35)29-21-10-8-20(28)9-11-21)26-30-24(31-33(26)25(23)36)18-4-6-19(7-5-18)27(15-34)12-13-27/h4-11,16,34H,12-15H2,1-3H3,(H,29,35). The summed E-state index contributed by atoms with van der Waals surface area (Å²) in [4.78, 5) is 31.0. The minimum Gasteiger partial charge on any atom is -0.395 e. The summed E-state index contributed by atoms with van der Waals surface area (Å²) in [6, 6.07) is 14.7. The van der Waals surface area contributed by atoms with E-state index in [1.807, 2.05) is 45.0 Å². The third kappa shape index (κ3) is 4.31. The molecule has 0 unspecified atom stereocenters. The van der Waals surface area contributed by atoms with Crippen LogP contribution in [0.25, 0.3) is 17.2 Å². The number of hydrogen-bond acceptors (Lipinski definition) is 5. The SMILES string of the molecule is Cc1c(C(C)C)c(=O)n2nc(-c3ccc(C4(CO)CC4)cc3)nc2n1CC(=O)Nc1ccc(Cl)cc1. The van der Waals surface area contributed by atoms with Gasteiger partial charge in [-0.2, -0.15) is 9.50 Å². The van der Waals surface area contributed by atoms with Gasteiger partial charge in [-0.05, 0) is 55.5 Å². The van der Waals surface area contributed by atoms with Crippen LogP contribution in [0.5, 0.6) is 0 Å².